The van der Waals surface area contributed by atoms with E-state index in [-0.39, 0.29) is 0 Å². The van der Waals surface area contributed by atoms with E-state index in [9.17, 15) is 0 Å². The molecule has 0 spiro atoms. The highest BCUT2D eigenvalue weighted by Gasteiger charge is 2.43. The van der Waals surface area contributed by atoms with Crippen molar-refractivity contribution in [3.63, 3.8) is 0 Å². The lowest BCUT2D eigenvalue weighted by molar-refractivity contribution is 0.167. The number of piperidine rings is 1. The molecular formula is C21H25N. The standard InChI is InChI=1S/C21H25N/c1-3-22-13-12-19-20(14-22)17-6-4-5-7-18(17)21(19)16-10-8-15(2)9-11-16/h4-11,19-21H,3,12-14H2,1-2H3/t19-,20-,21-/m0/s1. The maximum Gasteiger partial charge on any atom is 0.0127 e. The second kappa shape index (κ2) is 5.55. The smallest absolute Gasteiger partial charge is 0.0127 e. The molecule has 3 atom stereocenters. The van der Waals surface area contributed by atoms with Crippen molar-refractivity contribution in [2.24, 2.45) is 5.92 Å². The maximum atomic E-state index is 2.62. The van der Waals surface area contributed by atoms with Gasteiger partial charge in [0.1, 0.15) is 0 Å². The third kappa shape index (κ3) is 2.19. The quantitative estimate of drug-likeness (QED) is 0.783. The number of benzene rings is 2. The van der Waals surface area contributed by atoms with Crippen molar-refractivity contribution >= 4 is 0 Å². The molecule has 0 aromatic heterocycles. The Morgan fingerprint density at radius 3 is 2.45 bits per heavy atom. The summed E-state index contributed by atoms with van der Waals surface area (Å²) in [7, 11) is 0. The van der Waals surface area contributed by atoms with Gasteiger partial charge in [0.05, 0.1) is 0 Å². The summed E-state index contributed by atoms with van der Waals surface area (Å²) in [4.78, 5) is 2.62. The Labute approximate surface area is 134 Å². The highest BCUT2D eigenvalue weighted by Crippen LogP contribution is 2.52. The SMILES string of the molecule is CCN1CC[C@@H]2[C@@H](c3ccc(C)cc3)c3ccccc3[C@@H]2C1. The zero-order chi connectivity index (χ0) is 15.1. The molecule has 0 saturated carbocycles. The predicted octanol–water partition coefficient (Wildman–Crippen LogP) is 4.57. The van der Waals surface area contributed by atoms with Crippen LogP contribution in [0.3, 0.4) is 0 Å². The van der Waals surface area contributed by atoms with E-state index in [1.165, 1.54) is 37.2 Å². The summed E-state index contributed by atoms with van der Waals surface area (Å²) in [5.41, 5.74) is 6.05. The number of nitrogens with zero attached hydrogens (tertiary/aromatic N) is 1. The largest absolute Gasteiger partial charge is 0.303 e. The fraction of sp³-hybridized carbons (Fsp3) is 0.429. The molecule has 2 aromatic rings. The molecule has 1 aliphatic heterocycles. The molecule has 1 heteroatoms. The summed E-state index contributed by atoms with van der Waals surface area (Å²) in [5.74, 6) is 2.10. The van der Waals surface area contributed by atoms with Gasteiger partial charge in [-0.1, -0.05) is 61.0 Å². The molecule has 1 heterocycles. The van der Waals surface area contributed by atoms with Crippen LogP contribution in [0.4, 0.5) is 0 Å². The highest BCUT2D eigenvalue weighted by molar-refractivity contribution is 5.47. The molecule has 0 bridgehead atoms. The minimum atomic E-state index is 0.598. The first kappa shape index (κ1) is 14.0. The molecule has 0 unspecified atom stereocenters. The van der Waals surface area contributed by atoms with E-state index in [0.29, 0.717) is 5.92 Å². The topological polar surface area (TPSA) is 3.24 Å². The van der Waals surface area contributed by atoms with Crippen molar-refractivity contribution in [3.8, 4) is 0 Å². The Kier molecular flexibility index (Phi) is 3.54. The molecule has 22 heavy (non-hydrogen) atoms. The number of hydrogen-bond donors (Lipinski definition) is 0. The lowest BCUT2D eigenvalue weighted by Gasteiger charge is -2.37. The van der Waals surface area contributed by atoms with Gasteiger partial charge in [-0.05, 0) is 49.0 Å². The highest BCUT2D eigenvalue weighted by atomic mass is 15.1. The van der Waals surface area contributed by atoms with Crippen LogP contribution in [-0.2, 0) is 0 Å². The summed E-state index contributed by atoms with van der Waals surface area (Å²) < 4.78 is 0. The Balaban J connectivity index is 1.77. The maximum absolute atomic E-state index is 2.62. The average molecular weight is 291 g/mol. The molecule has 1 nitrogen and oxygen atoms in total. The number of fused-ring (bicyclic) bond motifs is 3. The minimum absolute atomic E-state index is 0.598. The van der Waals surface area contributed by atoms with Gasteiger partial charge >= 0.3 is 0 Å². The number of likely N-dealkylation sites (tertiary alicyclic amines) is 1. The average Bonchev–Trinajstić information content (AvgIpc) is 2.89. The van der Waals surface area contributed by atoms with Crippen molar-refractivity contribution in [2.45, 2.75) is 32.1 Å². The molecule has 0 amide bonds. The van der Waals surface area contributed by atoms with E-state index < -0.39 is 0 Å². The van der Waals surface area contributed by atoms with Crippen LogP contribution in [0.25, 0.3) is 0 Å². The van der Waals surface area contributed by atoms with Gasteiger partial charge in [0.2, 0.25) is 0 Å². The van der Waals surface area contributed by atoms with Crippen LogP contribution in [-0.4, -0.2) is 24.5 Å². The molecule has 0 radical (unpaired) electrons. The van der Waals surface area contributed by atoms with Crippen molar-refractivity contribution in [1.29, 1.82) is 0 Å². The Morgan fingerprint density at radius 1 is 1.00 bits per heavy atom. The van der Waals surface area contributed by atoms with Gasteiger partial charge in [-0.15, -0.1) is 0 Å². The molecule has 1 fully saturated rings. The van der Waals surface area contributed by atoms with Crippen LogP contribution in [0, 0.1) is 12.8 Å². The number of rotatable bonds is 2. The fourth-order valence-corrected chi connectivity index (χ4v) is 4.62. The number of aryl methyl sites for hydroxylation is 1. The molecule has 114 valence electrons. The van der Waals surface area contributed by atoms with Crippen LogP contribution < -0.4 is 0 Å². The zero-order valence-electron chi connectivity index (χ0n) is 13.6. The second-order valence-corrected chi connectivity index (χ2v) is 6.97. The van der Waals surface area contributed by atoms with E-state index in [4.69, 9.17) is 0 Å². The van der Waals surface area contributed by atoms with Crippen LogP contribution in [0.2, 0.25) is 0 Å². The van der Waals surface area contributed by atoms with Crippen molar-refractivity contribution < 1.29 is 0 Å². The summed E-state index contributed by atoms with van der Waals surface area (Å²) in [6, 6.07) is 18.4. The van der Waals surface area contributed by atoms with Gasteiger partial charge in [0.15, 0.2) is 0 Å². The number of likely N-dealkylation sites (N-methyl/N-ethyl adjacent to an activating group) is 1. The first-order chi connectivity index (χ1) is 10.8. The summed E-state index contributed by atoms with van der Waals surface area (Å²) >= 11 is 0. The van der Waals surface area contributed by atoms with Crippen LogP contribution in [0.5, 0.6) is 0 Å². The lowest BCUT2D eigenvalue weighted by atomic mass is 9.78. The molecule has 2 aliphatic rings. The first-order valence-electron chi connectivity index (χ1n) is 8.65. The Hall–Kier alpha value is -1.60. The van der Waals surface area contributed by atoms with Crippen molar-refractivity contribution in [3.05, 3.63) is 70.8 Å². The minimum Gasteiger partial charge on any atom is -0.303 e. The first-order valence-corrected chi connectivity index (χ1v) is 8.65. The van der Waals surface area contributed by atoms with Gasteiger partial charge < -0.3 is 4.90 Å². The summed E-state index contributed by atoms with van der Waals surface area (Å²) in [6.07, 6.45) is 1.33. The molecule has 0 N–H and O–H groups in total. The van der Waals surface area contributed by atoms with Gasteiger partial charge in [0.25, 0.3) is 0 Å². The summed E-state index contributed by atoms with van der Waals surface area (Å²) in [6.45, 7) is 8.14. The third-order valence-corrected chi connectivity index (χ3v) is 5.79. The zero-order valence-corrected chi connectivity index (χ0v) is 13.6. The summed E-state index contributed by atoms with van der Waals surface area (Å²) in [5, 5.41) is 0. The predicted molar refractivity (Wildman–Crippen MR) is 92.4 cm³/mol. The molecular weight excluding hydrogens is 266 g/mol. The van der Waals surface area contributed by atoms with Crippen LogP contribution >= 0.6 is 0 Å². The second-order valence-electron chi connectivity index (χ2n) is 6.97. The lowest BCUT2D eigenvalue weighted by Crippen LogP contribution is -2.38. The van der Waals surface area contributed by atoms with E-state index in [1.807, 2.05) is 0 Å². The monoisotopic (exact) mass is 291 g/mol. The molecule has 1 saturated heterocycles. The van der Waals surface area contributed by atoms with E-state index in [1.54, 1.807) is 11.1 Å². The molecule has 1 aliphatic carbocycles. The molecule has 4 rings (SSSR count). The van der Waals surface area contributed by atoms with E-state index in [0.717, 1.165) is 11.8 Å². The fourth-order valence-electron chi connectivity index (χ4n) is 4.62. The van der Waals surface area contributed by atoms with Crippen molar-refractivity contribution in [1.82, 2.24) is 4.90 Å². The normalized spacial score (nSPS) is 27.5. The Bertz CT molecular complexity index is 658. The van der Waals surface area contributed by atoms with E-state index >= 15 is 0 Å². The van der Waals surface area contributed by atoms with Crippen molar-refractivity contribution in [2.75, 3.05) is 19.6 Å². The van der Waals surface area contributed by atoms with Gasteiger partial charge in [-0.2, -0.15) is 0 Å². The Morgan fingerprint density at radius 2 is 1.73 bits per heavy atom. The van der Waals surface area contributed by atoms with Crippen LogP contribution in [0.15, 0.2) is 48.5 Å². The third-order valence-electron chi connectivity index (χ3n) is 5.79. The molecule has 2 aromatic carbocycles. The van der Waals surface area contributed by atoms with E-state index in [2.05, 4.69) is 67.3 Å². The van der Waals surface area contributed by atoms with Gasteiger partial charge in [-0.3, -0.25) is 0 Å². The van der Waals surface area contributed by atoms with Crippen LogP contribution in [0.1, 0.15) is 47.4 Å². The van der Waals surface area contributed by atoms with Gasteiger partial charge in [0, 0.05) is 18.4 Å². The number of hydrogen-bond acceptors (Lipinski definition) is 1. The van der Waals surface area contributed by atoms with Gasteiger partial charge in [-0.25, -0.2) is 0 Å².